The number of hydrogen-bond donors (Lipinski definition) is 1. The number of carboxylic acid groups (broad SMARTS) is 1. The van der Waals surface area contributed by atoms with Crippen molar-refractivity contribution in [3.8, 4) is 0 Å². The zero-order valence-electron chi connectivity index (χ0n) is 6.75. The lowest BCUT2D eigenvalue weighted by molar-refractivity contribution is 0.0679. The Balaban J connectivity index is 3.29. The number of rotatable bonds is 1. The van der Waals surface area contributed by atoms with Crippen LogP contribution in [0.25, 0.3) is 0 Å². The fraction of sp³-hybridized carbons (Fsp3) is 0.429. The molecule has 1 N–H and O–H groups in total. The van der Waals surface area contributed by atoms with Gasteiger partial charge in [0.1, 0.15) is 0 Å². The Morgan fingerprint density at radius 3 is 2.27 bits per heavy atom. The van der Waals surface area contributed by atoms with Crippen molar-refractivity contribution in [2.45, 2.75) is 13.8 Å². The average Bonchev–Trinajstić information content (AvgIpc) is 2.17. The summed E-state index contributed by atoms with van der Waals surface area (Å²) in [6.45, 7) is 3.64. The SMILES string of the molecule is Cc1nc(C(=O)O)n(C)c1C. The summed E-state index contributed by atoms with van der Waals surface area (Å²) in [6.07, 6.45) is 0. The third-order valence-corrected chi connectivity index (χ3v) is 1.81. The van der Waals surface area contributed by atoms with Crippen LogP contribution in [-0.4, -0.2) is 20.6 Å². The number of imidazole rings is 1. The Morgan fingerprint density at radius 1 is 1.55 bits per heavy atom. The van der Waals surface area contributed by atoms with Crippen LogP contribution in [0, 0.1) is 13.8 Å². The minimum absolute atomic E-state index is 0.0972. The zero-order chi connectivity index (χ0) is 8.59. The number of nitrogens with zero attached hydrogens (tertiary/aromatic N) is 2. The van der Waals surface area contributed by atoms with Gasteiger partial charge in [0, 0.05) is 12.7 Å². The van der Waals surface area contributed by atoms with Crippen molar-refractivity contribution < 1.29 is 9.90 Å². The molecule has 4 nitrogen and oxygen atoms in total. The van der Waals surface area contributed by atoms with Gasteiger partial charge >= 0.3 is 5.97 Å². The smallest absolute Gasteiger partial charge is 0.372 e. The fourth-order valence-corrected chi connectivity index (χ4v) is 0.908. The number of hydrogen-bond acceptors (Lipinski definition) is 2. The van der Waals surface area contributed by atoms with E-state index in [-0.39, 0.29) is 5.82 Å². The van der Waals surface area contributed by atoms with Crippen LogP contribution in [-0.2, 0) is 7.05 Å². The molecule has 1 heterocycles. The monoisotopic (exact) mass is 154 g/mol. The van der Waals surface area contributed by atoms with Crippen molar-refractivity contribution >= 4 is 5.97 Å². The third kappa shape index (κ3) is 1.11. The minimum atomic E-state index is -0.983. The molecule has 0 aliphatic heterocycles. The lowest BCUT2D eigenvalue weighted by Gasteiger charge is -1.96. The summed E-state index contributed by atoms with van der Waals surface area (Å²) in [4.78, 5) is 14.4. The normalized spacial score (nSPS) is 10.1. The highest BCUT2D eigenvalue weighted by atomic mass is 16.4. The van der Waals surface area contributed by atoms with Gasteiger partial charge in [-0.05, 0) is 13.8 Å². The van der Waals surface area contributed by atoms with E-state index in [0.29, 0.717) is 0 Å². The molecular weight excluding hydrogens is 144 g/mol. The lowest BCUT2D eigenvalue weighted by atomic mass is 10.4. The molecule has 0 aliphatic carbocycles. The van der Waals surface area contributed by atoms with Crippen LogP contribution in [0.5, 0.6) is 0 Å². The van der Waals surface area contributed by atoms with E-state index in [4.69, 9.17) is 5.11 Å². The van der Waals surface area contributed by atoms with Gasteiger partial charge in [0.15, 0.2) is 0 Å². The number of aromatic nitrogens is 2. The second-order valence-corrected chi connectivity index (χ2v) is 2.47. The summed E-state index contributed by atoms with van der Waals surface area (Å²) in [5, 5.41) is 8.62. The van der Waals surface area contributed by atoms with Crippen molar-refractivity contribution in [1.29, 1.82) is 0 Å². The summed E-state index contributed by atoms with van der Waals surface area (Å²) < 4.78 is 1.57. The molecular formula is C7H10N2O2. The number of carboxylic acids is 1. The molecule has 0 saturated carbocycles. The average molecular weight is 154 g/mol. The van der Waals surface area contributed by atoms with E-state index in [9.17, 15) is 4.79 Å². The molecule has 0 aromatic carbocycles. The maximum Gasteiger partial charge on any atom is 0.372 e. The van der Waals surface area contributed by atoms with E-state index in [1.54, 1.807) is 18.5 Å². The van der Waals surface area contributed by atoms with Gasteiger partial charge in [0.2, 0.25) is 5.82 Å². The highest BCUT2D eigenvalue weighted by molar-refractivity contribution is 5.83. The molecule has 1 aromatic rings. The molecule has 11 heavy (non-hydrogen) atoms. The second-order valence-electron chi connectivity index (χ2n) is 2.47. The van der Waals surface area contributed by atoms with Gasteiger partial charge < -0.3 is 9.67 Å². The van der Waals surface area contributed by atoms with Gasteiger partial charge in [0.25, 0.3) is 0 Å². The third-order valence-electron chi connectivity index (χ3n) is 1.81. The van der Waals surface area contributed by atoms with Gasteiger partial charge in [0.05, 0.1) is 5.69 Å². The van der Waals surface area contributed by atoms with Crippen LogP contribution in [0.2, 0.25) is 0 Å². The van der Waals surface area contributed by atoms with Crippen molar-refractivity contribution in [3.63, 3.8) is 0 Å². The first kappa shape index (κ1) is 7.78. The predicted octanol–water partition coefficient (Wildman–Crippen LogP) is 0.735. The maximum atomic E-state index is 10.5. The Bertz CT molecular complexity index is 302. The van der Waals surface area contributed by atoms with Crippen LogP contribution in [0.3, 0.4) is 0 Å². The van der Waals surface area contributed by atoms with Gasteiger partial charge in [-0.3, -0.25) is 0 Å². The highest BCUT2D eigenvalue weighted by Crippen LogP contribution is 2.06. The van der Waals surface area contributed by atoms with Crippen LogP contribution in [0.4, 0.5) is 0 Å². The zero-order valence-corrected chi connectivity index (χ0v) is 6.75. The Labute approximate surface area is 64.5 Å². The van der Waals surface area contributed by atoms with Gasteiger partial charge in [-0.25, -0.2) is 9.78 Å². The maximum absolute atomic E-state index is 10.5. The molecule has 0 atom stereocenters. The molecule has 0 amide bonds. The molecule has 0 spiro atoms. The number of aryl methyl sites for hydroxylation is 1. The van der Waals surface area contributed by atoms with E-state index in [0.717, 1.165) is 11.4 Å². The minimum Gasteiger partial charge on any atom is -0.475 e. The summed E-state index contributed by atoms with van der Waals surface area (Å²) in [7, 11) is 1.69. The first-order valence-electron chi connectivity index (χ1n) is 3.27. The highest BCUT2D eigenvalue weighted by Gasteiger charge is 2.13. The van der Waals surface area contributed by atoms with E-state index in [1.165, 1.54) is 0 Å². The van der Waals surface area contributed by atoms with E-state index < -0.39 is 5.97 Å². The molecule has 0 fully saturated rings. The predicted molar refractivity (Wildman–Crippen MR) is 39.6 cm³/mol. The summed E-state index contributed by atoms with van der Waals surface area (Å²) in [5.41, 5.74) is 1.66. The van der Waals surface area contributed by atoms with Crippen molar-refractivity contribution in [3.05, 3.63) is 17.2 Å². The number of aromatic carboxylic acids is 1. The van der Waals surface area contributed by atoms with Crippen LogP contribution in [0.1, 0.15) is 22.0 Å². The molecule has 0 unspecified atom stereocenters. The van der Waals surface area contributed by atoms with Crippen molar-refractivity contribution in [2.75, 3.05) is 0 Å². The number of carbonyl (C=O) groups is 1. The van der Waals surface area contributed by atoms with E-state index in [1.807, 2.05) is 6.92 Å². The summed E-state index contributed by atoms with van der Waals surface area (Å²) >= 11 is 0. The van der Waals surface area contributed by atoms with Gasteiger partial charge in [-0.1, -0.05) is 0 Å². The topological polar surface area (TPSA) is 55.1 Å². The van der Waals surface area contributed by atoms with Crippen molar-refractivity contribution in [1.82, 2.24) is 9.55 Å². The molecule has 0 bridgehead atoms. The second kappa shape index (κ2) is 2.38. The molecule has 1 aromatic heterocycles. The van der Waals surface area contributed by atoms with Gasteiger partial charge in [-0.15, -0.1) is 0 Å². The Morgan fingerprint density at radius 2 is 2.09 bits per heavy atom. The first-order chi connectivity index (χ1) is 5.04. The van der Waals surface area contributed by atoms with Crippen LogP contribution in [0.15, 0.2) is 0 Å². The first-order valence-corrected chi connectivity index (χ1v) is 3.27. The molecule has 0 aliphatic rings. The molecule has 1 rings (SSSR count). The Kier molecular flexibility index (Phi) is 1.68. The molecule has 60 valence electrons. The van der Waals surface area contributed by atoms with E-state index >= 15 is 0 Å². The summed E-state index contributed by atoms with van der Waals surface area (Å²) in [6, 6.07) is 0. The summed E-state index contributed by atoms with van der Waals surface area (Å²) in [5.74, 6) is -0.885. The quantitative estimate of drug-likeness (QED) is 0.648. The molecule has 0 radical (unpaired) electrons. The van der Waals surface area contributed by atoms with Crippen LogP contribution >= 0.6 is 0 Å². The van der Waals surface area contributed by atoms with Crippen LogP contribution < -0.4 is 0 Å². The molecule has 0 saturated heterocycles. The standard InChI is InChI=1S/C7H10N2O2/c1-4-5(2)9(3)6(8-4)7(10)11/h1-3H3,(H,10,11). The largest absolute Gasteiger partial charge is 0.475 e. The molecule has 4 heteroatoms. The Hall–Kier alpha value is -1.32. The van der Waals surface area contributed by atoms with Crippen molar-refractivity contribution in [2.24, 2.45) is 7.05 Å². The fourth-order valence-electron chi connectivity index (χ4n) is 0.908. The van der Waals surface area contributed by atoms with E-state index in [2.05, 4.69) is 4.98 Å². The lowest BCUT2D eigenvalue weighted by Crippen LogP contribution is -2.06. The van der Waals surface area contributed by atoms with Gasteiger partial charge in [-0.2, -0.15) is 0 Å².